The van der Waals surface area contributed by atoms with E-state index in [1.807, 2.05) is 0 Å². The zero-order valence-electron chi connectivity index (χ0n) is 11.4. The predicted molar refractivity (Wildman–Crippen MR) is 75.4 cm³/mol. The molecule has 3 aliphatic rings. The highest BCUT2D eigenvalue weighted by Gasteiger charge is 2.33. The molecule has 2 heterocycles. The molecule has 0 unspecified atom stereocenters. The molecule has 2 N–H and O–H groups in total. The molecule has 1 aromatic heterocycles. The predicted octanol–water partition coefficient (Wildman–Crippen LogP) is 2.16. The van der Waals surface area contributed by atoms with Gasteiger partial charge in [0.05, 0.1) is 17.6 Å². The third kappa shape index (κ3) is 2.34. The van der Waals surface area contributed by atoms with E-state index in [1.54, 1.807) is 0 Å². The largest absolute Gasteiger partial charge is 0.369 e. The molecular formula is C15H22N4. The lowest BCUT2D eigenvalue weighted by molar-refractivity contribution is 0.499. The van der Waals surface area contributed by atoms with Gasteiger partial charge in [0, 0.05) is 31.0 Å². The van der Waals surface area contributed by atoms with Crippen LogP contribution in [0.5, 0.6) is 0 Å². The Balaban J connectivity index is 1.62. The molecule has 0 aromatic carbocycles. The van der Waals surface area contributed by atoms with Gasteiger partial charge in [-0.2, -0.15) is 0 Å². The van der Waals surface area contributed by atoms with E-state index in [0.29, 0.717) is 17.9 Å². The molecular weight excluding hydrogens is 236 g/mol. The Morgan fingerprint density at radius 3 is 2.32 bits per heavy atom. The molecule has 19 heavy (non-hydrogen) atoms. The summed E-state index contributed by atoms with van der Waals surface area (Å²) in [5, 5.41) is 0. The van der Waals surface area contributed by atoms with Gasteiger partial charge in [0.25, 0.3) is 0 Å². The highest BCUT2D eigenvalue weighted by atomic mass is 15.2. The minimum Gasteiger partial charge on any atom is -0.369 e. The van der Waals surface area contributed by atoms with Crippen molar-refractivity contribution in [3.8, 4) is 0 Å². The van der Waals surface area contributed by atoms with Crippen LogP contribution in [0, 0.1) is 0 Å². The van der Waals surface area contributed by atoms with E-state index in [0.717, 1.165) is 31.8 Å². The highest BCUT2D eigenvalue weighted by molar-refractivity contribution is 5.52. The summed E-state index contributed by atoms with van der Waals surface area (Å²) >= 11 is 0. The number of nitrogens with two attached hydrogens (primary N) is 1. The van der Waals surface area contributed by atoms with E-state index in [-0.39, 0.29) is 0 Å². The molecule has 0 atom stereocenters. The van der Waals surface area contributed by atoms with Crippen molar-refractivity contribution in [1.82, 2.24) is 9.97 Å². The maximum atomic E-state index is 6.00. The van der Waals surface area contributed by atoms with Gasteiger partial charge in [-0.25, -0.2) is 9.97 Å². The van der Waals surface area contributed by atoms with Crippen LogP contribution in [-0.2, 0) is 0 Å². The van der Waals surface area contributed by atoms with E-state index in [9.17, 15) is 0 Å². The summed E-state index contributed by atoms with van der Waals surface area (Å²) in [6.45, 7) is 2.13. The Morgan fingerprint density at radius 1 is 1.00 bits per heavy atom. The molecule has 2 aliphatic carbocycles. The Bertz CT molecular complexity index is 471. The van der Waals surface area contributed by atoms with Gasteiger partial charge in [-0.3, -0.25) is 0 Å². The molecule has 0 bridgehead atoms. The summed E-state index contributed by atoms with van der Waals surface area (Å²) in [6.07, 6.45) is 9.45. The number of nitrogens with zero attached hydrogens (tertiary/aromatic N) is 3. The van der Waals surface area contributed by atoms with Crippen LogP contribution in [0.25, 0.3) is 0 Å². The van der Waals surface area contributed by atoms with Crippen molar-refractivity contribution in [3.63, 3.8) is 0 Å². The average Bonchev–Trinajstić information content (AvgIpc) is 3.31. The van der Waals surface area contributed by atoms with Gasteiger partial charge in [-0.05, 0) is 38.5 Å². The standard InChI is InChI=1S/C15H22N4/c16-12-5-7-19(8-6-12)13-9-17-15(11-3-4-11)18-14(13)10-1-2-10/h9-12H,1-8,16H2. The molecule has 0 spiro atoms. The lowest BCUT2D eigenvalue weighted by Crippen LogP contribution is -2.40. The Morgan fingerprint density at radius 2 is 1.68 bits per heavy atom. The minimum atomic E-state index is 0.382. The summed E-state index contributed by atoms with van der Waals surface area (Å²) in [4.78, 5) is 12.0. The fraction of sp³-hybridized carbons (Fsp3) is 0.733. The number of hydrogen-bond donors (Lipinski definition) is 1. The summed E-state index contributed by atoms with van der Waals surface area (Å²) in [7, 11) is 0. The van der Waals surface area contributed by atoms with Crippen LogP contribution in [-0.4, -0.2) is 29.1 Å². The first-order valence-corrected chi connectivity index (χ1v) is 7.68. The van der Waals surface area contributed by atoms with Crippen molar-refractivity contribution >= 4 is 5.69 Å². The van der Waals surface area contributed by atoms with Crippen LogP contribution >= 0.6 is 0 Å². The minimum absolute atomic E-state index is 0.382. The Labute approximate surface area is 114 Å². The number of rotatable bonds is 3. The van der Waals surface area contributed by atoms with Gasteiger partial charge in [0.1, 0.15) is 5.82 Å². The van der Waals surface area contributed by atoms with Crippen molar-refractivity contribution < 1.29 is 0 Å². The quantitative estimate of drug-likeness (QED) is 0.902. The third-order valence-electron chi connectivity index (χ3n) is 4.60. The summed E-state index contributed by atoms with van der Waals surface area (Å²) in [5.74, 6) is 2.45. The molecule has 4 rings (SSSR count). The molecule has 1 aliphatic heterocycles. The highest BCUT2D eigenvalue weighted by Crippen LogP contribution is 2.45. The van der Waals surface area contributed by atoms with E-state index >= 15 is 0 Å². The molecule has 0 radical (unpaired) electrons. The molecule has 4 heteroatoms. The topological polar surface area (TPSA) is 55.0 Å². The summed E-state index contributed by atoms with van der Waals surface area (Å²) in [5.41, 5.74) is 8.62. The zero-order chi connectivity index (χ0) is 12.8. The second-order valence-electron chi connectivity index (χ2n) is 6.37. The van der Waals surface area contributed by atoms with Gasteiger partial charge < -0.3 is 10.6 Å². The van der Waals surface area contributed by atoms with Gasteiger partial charge >= 0.3 is 0 Å². The monoisotopic (exact) mass is 258 g/mol. The molecule has 102 valence electrons. The Kier molecular flexibility index (Phi) is 2.72. The first-order chi connectivity index (χ1) is 9.31. The summed E-state index contributed by atoms with van der Waals surface area (Å²) < 4.78 is 0. The van der Waals surface area contributed by atoms with Crippen LogP contribution in [0.2, 0.25) is 0 Å². The van der Waals surface area contributed by atoms with Crippen LogP contribution in [0.4, 0.5) is 5.69 Å². The van der Waals surface area contributed by atoms with Crippen LogP contribution in [0.3, 0.4) is 0 Å². The zero-order valence-corrected chi connectivity index (χ0v) is 11.4. The molecule has 4 nitrogen and oxygen atoms in total. The first kappa shape index (κ1) is 11.6. The number of piperidine rings is 1. The average molecular weight is 258 g/mol. The number of hydrogen-bond acceptors (Lipinski definition) is 4. The van der Waals surface area contributed by atoms with Crippen LogP contribution < -0.4 is 10.6 Å². The fourth-order valence-electron chi connectivity index (χ4n) is 2.98. The van der Waals surface area contributed by atoms with E-state index in [4.69, 9.17) is 10.7 Å². The fourth-order valence-corrected chi connectivity index (χ4v) is 2.98. The maximum Gasteiger partial charge on any atom is 0.131 e. The van der Waals surface area contributed by atoms with Gasteiger partial charge in [0.15, 0.2) is 0 Å². The molecule has 1 saturated heterocycles. The van der Waals surface area contributed by atoms with Crippen molar-refractivity contribution in [1.29, 1.82) is 0 Å². The van der Waals surface area contributed by atoms with Crippen molar-refractivity contribution in [3.05, 3.63) is 17.7 Å². The lowest BCUT2D eigenvalue weighted by atomic mass is 10.0. The maximum absolute atomic E-state index is 6.00. The molecule has 2 saturated carbocycles. The van der Waals surface area contributed by atoms with Gasteiger partial charge in [0.2, 0.25) is 0 Å². The second-order valence-corrected chi connectivity index (χ2v) is 6.37. The SMILES string of the molecule is NC1CCN(c2cnc(C3CC3)nc2C2CC2)CC1. The van der Waals surface area contributed by atoms with E-state index < -0.39 is 0 Å². The van der Waals surface area contributed by atoms with Crippen molar-refractivity contribution in [2.24, 2.45) is 5.73 Å². The van der Waals surface area contributed by atoms with E-state index in [1.165, 1.54) is 37.1 Å². The van der Waals surface area contributed by atoms with Crippen LogP contribution in [0.1, 0.15) is 61.9 Å². The Hall–Kier alpha value is -1.16. The number of anilines is 1. The lowest BCUT2D eigenvalue weighted by Gasteiger charge is -2.32. The van der Waals surface area contributed by atoms with Crippen molar-refractivity contribution in [2.75, 3.05) is 18.0 Å². The first-order valence-electron chi connectivity index (χ1n) is 7.68. The van der Waals surface area contributed by atoms with Crippen LogP contribution in [0.15, 0.2) is 6.20 Å². The number of aromatic nitrogens is 2. The third-order valence-corrected chi connectivity index (χ3v) is 4.60. The molecule has 3 fully saturated rings. The smallest absolute Gasteiger partial charge is 0.131 e. The van der Waals surface area contributed by atoms with E-state index in [2.05, 4.69) is 16.1 Å². The molecule has 1 aromatic rings. The van der Waals surface area contributed by atoms with Gasteiger partial charge in [-0.1, -0.05) is 0 Å². The van der Waals surface area contributed by atoms with Gasteiger partial charge in [-0.15, -0.1) is 0 Å². The molecule has 0 amide bonds. The van der Waals surface area contributed by atoms with Crippen molar-refractivity contribution in [2.45, 2.75) is 56.4 Å². The second kappa shape index (κ2) is 4.44. The normalized spacial score (nSPS) is 24.8. The summed E-state index contributed by atoms with van der Waals surface area (Å²) in [6, 6.07) is 0.382.